The second-order valence-corrected chi connectivity index (χ2v) is 6.63. The monoisotopic (exact) mass is 227 g/mol. The zero-order valence-corrected chi connectivity index (χ0v) is 12.1. The number of carbonyl (C=O) groups excluding carboxylic acids is 1. The van der Waals surface area contributed by atoms with E-state index in [0.717, 1.165) is 19.3 Å². The molecule has 0 heterocycles. The summed E-state index contributed by atoms with van der Waals surface area (Å²) in [5.74, 6) is -0.166. The molecule has 0 aliphatic carbocycles. The molecule has 0 bridgehead atoms. The lowest BCUT2D eigenvalue weighted by Crippen LogP contribution is -2.48. The van der Waals surface area contributed by atoms with E-state index in [1.54, 1.807) is 0 Å². The van der Waals surface area contributed by atoms with Crippen molar-refractivity contribution in [2.75, 3.05) is 0 Å². The smallest absolute Gasteiger partial charge is 0.223 e. The Labute approximate surface area is 101 Å². The molecule has 0 radical (unpaired) electrons. The molecule has 0 spiro atoms. The Hall–Kier alpha value is -0.530. The predicted octanol–water partition coefficient (Wildman–Crippen LogP) is 3.74. The van der Waals surface area contributed by atoms with Crippen molar-refractivity contribution in [3.05, 3.63) is 0 Å². The van der Waals surface area contributed by atoms with Gasteiger partial charge in [0.05, 0.1) is 5.41 Å². The van der Waals surface area contributed by atoms with Gasteiger partial charge in [-0.3, -0.25) is 4.79 Å². The molecule has 2 heteroatoms. The molecule has 0 aromatic carbocycles. The highest BCUT2D eigenvalue weighted by atomic mass is 16.1. The van der Waals surface area contributed by atoms with Crippen LogP contribution in [0.25, 0.3) is 0 Å². The van der Waals surface area contributed by atoms with Crippen LogP contribution in [0.15, 0.2) is 0 Å². The average molecular weight is 227 g/mol. The number of hydrogen-bond acceptors (Lipinski definition) is 1. The molecule has 96 valence electrons. The Morgan fingerprint density at radius 1 is 1.00 bits per heavy atom. The molecule has 0 rings (SSSR count). The van der Waals surface area contributed by atoms with E-state index in [0.29, 0.717) is 0 Å². The lowest BCUT2D eigenvalue weighted by molar-refractivity contribution is -0.136. The minimum atomic E-state index is -0.429. The van der Waals surface area contributed by atoms with Gasteiger partial charge in [-0.15, -0.1) is 0 Å². The van der Waals surface area contributed by atoms with E-state index in [-0.39, 0.29) is 16.7 Å². The summed E-state index contributed by atoms with van der Waals surface area (Å²) in [5, 5.41) is 0. The number of primary amides is 1. The van der Waals surface area contributed by atoms with Crippen LogP contribution in [-0.2, 0) is 4.79 Å². The van der Waals surface area contributed by atoms with Gasteiger partial charge >= 0.3 is 0 Å². The lowest BCUT2D eigenvalue weighted by atomic mass is 9.58. The molecule has 1 atom stereocenters. The molecule has 0 saturated heterocycles. The first-order valence-electron chi connectivity index (χ1n) is 6.32. The predicted molar refractivity (Wildman–Crippen MR) is 70.1 cm³/mol. The molecule has 1 unspecified atom stereocenters. The van der Waals surface area contributed by atoms with E-state index in [4.69, 9.17) is 5.73 Å². The molecule has 16 heavy (non-hydrogen) atoms. The van der Waals surface area contributed by atoms with Crippen molar-refractivity contribution in [1.29, 1.82) is 0 Å². The van der Waals surface area contributed by atoms with E-state index in [2.05, 4.69) is 41.5 Å². The van der Waals surface area contributed by atoms with E-state index in [1.807, 2.05) is 6.92 Å². The highest BCUT2D eigenvalue weighted by Gasteiger charge is 2.47. The van der Waals surface area contributed by atoms with Gasteiger partial charge in [0.15, 0.2) is 0 Å². The zero-order chi connectivity index (χ0) is 13.2. The SMILES string of the molecule is CCC(C)(C)CC(C)(C(N)=O)C(C)(C)CC. The number of rotatable bonds is 6. The van der Waals surface area contributed by atoms with Gasteiger partial charge in [-0.1, -0.05) is 54.9 Å². The van der Waals surface area contributed by atoms with Gasteiger partial charge in [-0.25, -0.2) is 0 Å². The summed E-state index contributed by atoms with van der Waals surface area (Å²) in [6.07, 6.45) is 2.88. The van der Waals surface area contributed by atoms with Crippen molar-refractivity contribution in [2.24, 2.45) is 22.0 Å². The Morgan fingerprint density at radius 2 is 1.44 bits per heavy atom. The van der Waals surface area contributed by atoms with Gasteiger partial charge in [0, 0.05) is 0 Å². The van der Waals surface area contributed by atoms with Crippen molar-refractivity contribution in [2.45, 2.75) is 67.7 Å². The highest BCUT2D eigenvalue weighted by molar-refractivity contribution is 5.81. The van der Waals surface area contributed by atoms with Crippen LogP contribution in [0, 0.1) is 16.2 Å². The van der Waals surface area contributed by atoms with Crippen LogP contribution in [0.2, 0.25) is 0 Å². The van der Waals surface area contributed by atoms with Crippen molar-refractivity contribution >= 4 is 5.91 Å². The third-order valence-electron chi connectivity index (χ3n) is 4.71. The minimum absolute atomic E-state index is 0.0503. The molecule has 2 nitrogen and oxygen atoms in total. The second-order valence-electron chi connectivity index (χ2n) is 6.63. The largest absolute Gasteiger partial charge is 0.369 e. The van der Waals surface area contributed by atoms with Crippen LogP contribution in [0.3, 0.4) is 0 Å². The Bertz CT molecular complexity index is 255. The lowest BCUT2D eigenvalue weighted by Gasteiger charge is -2.45. The Balaban J connectivity index is 5.23. The van der Waals surface area contributed by atoms with E-state index in [1.165, 1.54) is 0 Å². The topological polar surface area (TPSA) is 43.1 Å². The van der Waals surface area contributed by atoms with Crippen molar-refractivity contribution in [1.82, 2.24) is 0 Å². The maximum atomic E-state index is 11.8. The molecule has 0 aliphatic heterocycles. The fraction of sp³-hybridized carbons (Fsp3) is 0.929. The number of hydrogen-bond donors (Lipinski definition) is 1. The molecule has 0 aromatic heterocycles. The Kier molecular flexibility index (Phi) is 4.61. The Morgan fingerprint density at radius 3 is 1.69 bits per heavy atom. The minimum Gasteiger partial charge on any atom is -0.369 e. The summed E-state index contributed by atoms with van der Waals surface area (Å²) in [5.41, 5.74) is 5.34. The van der Waals surface area contributed by atoms with Gasteiger partial charge in [0.25, 0.3) is 0 Å². The van der Waals surface area contributed by atoms with Crippen LogP contribution in [0.5, 0.6) is 0 Å². The summed E-state index contributed by atoms with van der Waals surface area (Å²) in [4.78, 5) is 11.8. The maximum absolute atomic E-state index is 11.8. The standard InChI is InChI=1S/C14H29NO/c1-8-12(3,4)10-14(7,11(15)16)13(5,6)9-2/h8-10H2,1-7H3,(H2,15,16). The molecular weight excluding hydrogens is 198 g/mol. The van der Waals surface area contributed by atoms with Crippen LogP contribution >= 0.6 is 0 Å². The van der Waals surface area contributed by atoms with Gasteiger partial charge in [-0.2, -0.15) is 0 Å². The second kappa shape index (κ2) is 4.77. The third kappa shape index (κ3) is 2.99. The first-order valence-corrected chi connectivity index (χ1v) is 6.32. The van der Waals surface area contributed by atoms with Crippen LogP contribution in [-0.4, -0.2) is 5.91 Å². The third-order valence-corrected chi connectivity index (χ3v) is 4.71. The summed E-state index contributed by atoms with van der Waals surface area (Å²) in [6, 6.07) is 0. The van der Waals surface area contributed by atoms with Gasteiger partial charge in [0.2, 0.25) is 5.91 Å². The maximum Gasteiger partial charge on any atom is 0.223 e. The summed E-state index contributed by atoms with van der Waals surface area (Å²) in [7, 11) is 0. The molecule has 0 saturated carbocycles. The van der Waals surface area contributed by atoms with Gasteiger partial charge in [0.1, 0.15) is 0 Å². The normalized spacial score (nSPS) is 16.9. The summed E-state index contributed by atoms with van der Waals surface area (Å²) >= 11 is 0. The van der Waals surface area contributed by atoms with Crippen LogP contribution < -0.4 is 5.73 Å². The number of amides is 1. The molecule has 0 fully saturated rings. The molecule has 0 aromatic rings. The van der Waals surface area contributed by atoms with Crippen LogP contribution in [0.4, 0.5) is 0 Å². The van der Waals surface area contributed by atoms with Crippen molar-refractivity contribution in [3.8, 4) is 0 Å². The quantitative estimate of drug-likeness (QED) is 0.738. The van der Waals surface area contributed by atoms with Gasteiger partial charge < -0.3 is 5.73 Å². The molecule has 1 amide bonds. The summed E-state index contributed by atoms with van der Waals surface area (Å²) < 4.78 is 0. The highest BCUT2D eigenvalue weighted by Crippen LogP contribution is 2.49. The number of carbonyl (C=O) groups is 1. The van der Waals surface area contributed by atoms with Crippen LogP contribution in [0.1, 0.15) is 67.7 Å². The fourth-order valence-corrected chi connectivity index (χ4v) is 2.13. The first-order chi connectivity index (χ1) is 7.02. The summed E-state index contributed by atoms with van der Waals surface area (Å²) in [6.45, 7) is 15.0. The average Bonchev–Trinajstić information content (AvgIpc) is 2.16. The molecular formula is C14H29NO. The van der Waals surface area contributed by atoms with E-state index in [9.17, 15) is 4.79 Å². The first kappa shape index (κ1) is 15.5. The van der Waals surface area contributed by atoms with Crippen molar-refractivity contribution < 1.29 is 4.79 Å². The molecule has 2 N–H and O–H groups in total. The zero-order valence-electron chi connectivity index (χ0n) is 12.1. The number of nitrogens with two attached hydrogens (primary N) is 1. The van der Waals surface area contributed by atoms with E-state index >= 15 is 0 Å². The fourth-order valence-electron chi connectivity index (χ4n) is 2.13. The van der Waals surface area contributed by atoms with E-state index < -0.39 is 5.41 Å². The van der Waals surface area contributed by atoms with Crippen molar-refractivity contribution in [3.63, 3.8) is 0 Å². The van der Waals surface area contributed by atoms with Gasteiger partial charge in [-0.05, 0) is 23.7 Å². The molecule has 0 aliphatic rings.